The monoisotopic (exact) mass is 595 g/mol. The number of hydrogen-bond acceptors (Lipinski definition) is 8. The van der Waals surface area contributed by atoms with Crippen LogP contribution in [0, 0.1) is 10.8 Å². The molecule has 0 radical (unpaired) electrons. The summed E-state index contributed by atoms with van der Waals surface area (Å²) in [5.74, 6) is -1.11. The first-order valence-corrected chi connectivity index (χ1v) is 14.7. The molecular weight excluding hydrogens is 550 g/mol. The van der Waals surface area contributed by atoms with Gasteiger partial charge in [-0.15, -0.1) is 0 Å². The molecule has 0 bridgehead atoms. The maximum absolute atomic E-state index is 12.8. The summed E-state index contributed by atoms with van der Waals surface area (Å²) in [5, 5.41) is 16.8. The highest BCUT2D eigenvalue weighted by Gasteiger charge is 2.34. The number of aliphatic hydroxyl groups is 1. The number of rotatable bonds is 11. The molecule has 1 unspecified atom stereocenters. The lowest BCUT2D eigenvalue weighted by atomic mass is 9.97. The number of amides is 2. The highest BCUT2D eigenvalue weighted by Crippen LogP contribution is 2.34. The molecule has 1 aliphatic rings. The molecular formula is C33H45N3O7. The van der Waals surface area contributed by atoms with Gasteiger partial charge in [0.05, 0.1) is 23.4 Å². The van der Waals surface area contributed by atoms with Crippen LogP contribution in [0.1, 0.15) is 71.6 Å². The number of carbonyl (C=O) groups is 4. The standard InChI is InChI=1S/C33H45N3O7/c1-32(2,3)30(40)42-26-15-14-23(20-27(26)43-31(41)33(4,5)6)25(37)21-34-16-17-35-29(39)24-13-10-18-36(24)28(38)19-22-11-8-7-9-12-22/h7-9,11-12,14-15,20,24-25,34,37H,10,13,16-19,21H2,1-6H3,(H,35,39)/t24-,25?/m1/s1. The highest BCUT2D eigenvalue weighted by atomic mass is 16.6. The van der Waals surface area contributed by atoms with E-state index in [-0.39, 0.29) is 36.3 Å². The lowest BCUT2D eigenvalue weighted by Crippen LogP contribution is -2.47. The molecule has 10 nitrogen and oxygen atoms in total. The van der Waals surface area contributed by atoms with Crippen LogP contribution in [0.2, 0.25) is 0 Å². The smallest absolute Gasteiger partial charge is 0.316 e. The molecule has 1 aliphatic heterocycles. The van der Waals surface area contributed by atoms with Gasteiger partial charge in [-0.2, -0.15) is 0 Å². The maximum atomic E-state index is 12.8. The zero-order valence-electron chi connectivity index (χ0n) is 26.1. The Balaban J connectivity index is 1.52. The van der Waals surface area contributed by atoms with E-state index in [1.807, 2.05) is 30.3 Å². The summed E-state index contributed by atoms with van der Waals surface area (Å²) in [4.78, 5) is 52.4. The Morgan fingerprint density at radius 2 is 1.53 bits per heavy atom. The number of nitrogens with one attached hydrogen (secondary N) is 2. The molecule has 2 aromatic rings. The Morgan fingerprint density at radius 3 is 2.16 bits per heavy atom. The van der Waals surface area contributed by atoms with Crippen molar-refractivity contribution < 1.29 is 33.8 Å². The molecule has 234 valence electrons. The lowest BCUT2D eigenvalue weighted by molar-refractivity contribution is -0.145. The van der Waals surface area contributed by atoms with Crippen LogP contribution < -0.4 is 20.1 Å². The zero-order chi connectivity index (χ0) is 31.8. The molecule has 2 aromatic carbocycles. The number of nitrogens with zero attached hydrogens (tertiary/aromatic N) is 1. The molecule has 3 rings (SSSR count). The number of ether oxygens (including phenoxy) is 2. The van der Waals surface area contributed by atoms with Gasteiger partial charge in [0.2, 0.25) is 11.8 Å². The Labute approximate surface area is 254 Å². The minimum atomic E-state index is -0.962. The van der Waals surface area contributed by atoms with Crippen molar-refractivity contribution in [3.05, 3.63) is 59.7 Å². The third kappa shape index (κ3) is 9.90. The molecule has 1 fully saturated rings. The van der Waals surface area contributed by atoms with E-state index in [0.717, 1.165) is 12.0 Å². The van der Waals surface area contributed by atoms with Crippen LogP contribution in [0.4, 0.5) is 0 Å². The molecule has 0 spiro atoms. The second kappa shape index (κ2) is 14.6. The third-order valence-electron chi connectivity index (χ3n) is 7.00. The van der Waals surface area contributed by atoms with Crippen LogP contribution in [0.25, 0.3) is 0 Å². The van der Waals surface area contributed by atoms with Crippen LogP contribution in [0.3, 0.4) is 0 Å². The van der Waals surface area contributed by atoms with Crippen LogP contribution in [0.15, 0.2) is 48.5 Å². The van der Waals surface area contributed by atoms with Crippen molar-refractivity contribution in [2.24, 2.45) is 10.8 Å². The normalized spacial score (nSPS) is 16.0. The van der Waals surface area contributed by atoms with E-state index in [4.69, 9.17) is 9.47 Å². The number of benzene rings is 2. The van der Waals surface area contributed by atoms with Crippen LogP contribution >= 0.6 is 0 Å². The predicted molar refractivity (Wildman–Crippen MR) is 162 cm³/mol. The Kier molecular flexibility index (Phi) is 11.5. The Hall–Kier alpha value is -3.76. The molecule has 1 saturated heterocycles. The highest BCUT2D eigenvalue weighted by molar-refractivity contribution is 5.89. The van der Waals surface area contributed by atoms with Crippen molar-refractivity contribution in [2.75, 3.05) is 26.2 Å². The van der Waals surface area contributed by atoms with Crippen molar-refractivity contribution >= 4 is 23.8 Å². The van der Waals surface area contributed by atoms with Crippen molar-refractivity contribution in [2.45, 2.75) is 73.0 Å². The average Bonchev–Trinajstić information content (AvgIpc) is 3.43. The Bertz CT molecular complexity index is 1280. The van der Waals surface area contributed by atoms with Gasteiger partial charge in [0, 0.05) is 26.2 Å². The van der Waals surface area contributed by atoms with Gasteiger partial charge < -0.3 is 30.1 Å². The minimum absolute atomic E-state index is 0.0456. The fourth-order valence-electron chi connectivity index (χ4n) is 4.36. The van der Waals surface area contributed by atoms with Gasteiger partial charge in [0.1, 0.15) is 6.04 Å². The topological polar surface area (TPSA) is 134 Å². The summed E-state index contributed by atoms with van der Waals surface area (Å²) in [5.41, 5.74) is -0.184. The first-order valence-electron chi connectivity index (χ1n) is 14.7. The van der Waals surface area contributed by atoms with Gasteiger partial charge in [0.15, 0.2) is 11.5 Å². The summed E-state index contributed by atoms with van der Waals surface area (Å²) in [7, 11) is 0. The van der Waals surface area contributed by atoms with Gasteiger partial charge in [-0.1, -0.05) is 36.4 Å². The average molecular weight is 596 g/mol. The van der Waals surface area contributed by atoms with Crippen molar-refractivity contribution in [1.29, 1.82) is 0 Å². The van der Waals surface area contributed by atoms with E-state index >= 15 is 0 Å². The van der Waals surface area contributed by atoms with Crippen molar-refractivity contribution in [1.82, 2.24) is 15.5 Å². The molecule has 0 aliphatic carbocycles. The lowest BCUT2D eigenvalue weighted by Gasteiger charge is -2.24. The fraction of sp³-hybridized carbons (Fsp3) is 0.515. The van der Waals surface area contributed by atoms with Gasteiger partial charge in [-0.05, 0) is 77.6 Å². The van der Waals surface area contributed by atoms with E-state index in [2.05, 4.69) is 10.6 Å². The van der Waals surface area contributed by atoms with Crippen LogP contribution in [-0.4, -0.2) is 66.0 Å². The Morgan fingerprint density at radius 1 is 0.907 bits per heavy atom. The van der Waals surface area contributed by atoms with E-state index in [1.165, 1.54) is 12.1 Å². The second-order valence-corrected chi connectivity index (χ2v) is 12.9. The van der Waals surface area contributed by atoms with Gasteiger partial charge in [-0.3, -0.25) is 19.2 Å². The molecule has 43 heavy (non-hydrogen) atoms. The first kappa shape index (κ1) is 33.7. The van der Waals surface area contributed by atoms with Crippen molar-refractivity contribution in [3.63, 3.8) is 0 Å². The second-order valence-electron chi connectivity index (χ2n) is 12.9. The largest absolute Gasteiger partial charge is 0.422 e. The number of esters is 2. The number of aliphatic hydroxyl groups excluding tert-OH is 1. The summed E-state index contributed by atoms with van der Waals surface area (Å²) in [6.07, 6.45) is 0.712. The van der Waals surface area contributed by atoms with Crippen LogP contribution in [-0.2, 0) is 25.6 Å². The molecule has 3 N–H and O–H groups in total. The number of hydrogen-bond donors (Lipinski definition) is 3. The molecule has 10 heteroatoms. The van der Waals surface area contributed by atoms with E-state index in [1.54, 1.807) is 52.5 Å². The zero-order valence-corrected chi connectivity index (χ0v) is 26.1. The van der Waals surface area contributed by atoms with E-state index in [9.17, 15) is 24.3 Å². The summed E-state index contributed by atoms with van der Waals surface area (Å²) in [6.45, 7) is 11.7. The first-order chi connectivity index (χ1) is 20.2. The molecule has 0 aromatic heterocycles. The number of likely N-dealkylation sites (tertiary alicyclic amines) is 1. The molecule has 2 atom stereocenters. The fourth-order valence-corrected chi connectivity index (χ4v) is 4.36. The van der Waals surface area contributed by atoms with Gasteiger partial charge in [-0.25, -0.2) is 0 Å². The van der Waals surface area contributed by atoms with Crippen LogP contribution in [0.5, 0.6) is 11.5 Å². The molecule has 1 heterocycles. The van der Waals surface area contributed by atoms with E-state index < -0.39 is 34.9 Å². The van der Waals surface area contributed by atoms with Gasteiger partial charge in [0.25, 0.3) is 0 Å². The SMILES string of the molecule is CC(C)(C)C(=O)Oc1ccc(C(O)CNCCNC(=O)[C@H]2CCCN2C(=O)Cc2ccccc2)cc1OC(=O)C(C)(C)C. The third-order valence-corrected chi connectivity index (χ3v) is 7.00. The maximum Gasteiger partial charge on any atom is 0.316 e. The van der Waals surface area contributed by atoms with Crippen molar-refractivity contribution in [3.8, 4) is 11.5 Å². The summed E-state index contributed by atoms with van der Waals surface area (Å²) < 4.78 is 11.1. The minimum Gasteiger partial charge on any atom is -0.422 e. The predicted octanol–water partition coefficient (Wildman–Crippen LogP) is 3.56. The summed E-state index contributed by atoms with van der Waals surface area (Å²) >= 11 is 0. The number of carbonyl (C=O) groups excluding carboxylic acids is 4. The molecule has 2 amide bonds. The molecule has 0 saturated carbocycles. The summed E-state index contributed by atoms with van der Waals surface area (Å²) in [6, 6.07) is 13.6. The quantitative estimate of drug-likeness (QED) is 0.204. The van der Waals surface area contributed by atoms with E-state index in [0.29, 0.717) is 31.6 Å². The van der Waals surface area contributed by atoms with Gasteiger partial charge >= 0.3 is 11.9 Å².